The lowest BCUT2D eigenvalue weighted by Crippen LogP contribution is -2.51. The zero-order chi connectivity index (χ0) is 26.9. The minimum atomic E-state index is -4.20. The Labute approximate surface area is 213 Å². The normalized spacial score (nSPS) is 12.7. The molecule has 0 aromatic heterocycles. The van der Waals surface area contributed by atoms with E-state index in [2.05, 4.69) is 4.72 Å². The van der Waals surface area contributed by atoms with Gasteiger partial charge in [-0.05, 0) is 57.0 Å². The van der Waals surface area contributed by atoms with Gasteiger partial charge in [0.1, 0.15) is 18.2 Å². The molecule has 0 heterocycles. The summed E-state index contributed by atoms with van der Waals surface area (Å²) < 4.78 is 39.3. The number of carbonyl (C=O) groups excluding carboxylic acids is 3. The SMILES string of the molecule is CCCCN(CC(=O)OCC)C(=O)[C@H](CC(=O)OC(C)(C)C)NS(=O)(=O)c1ccc2ccccc2c1. The van der Waals surface area contributed by atoms with Crippen LogP contribution in [0.3, 0.4) is 0 Å². The standard InChI is InChI=1S/C26H36N2O7S/c1-6-8-15-28(18-24(30)34-7-2)25(31)22(17-23(29)35-26(3,4)5)27-36(32,33)21-14-13-19-11-9-10-12-20(19)16-21/h9-14,16,22,27H,6-8,15,17-18H2,1-5H3/t22-/m0/s1. The first-order valence-electron chi connectivity index (χ1n) is 12.0. The van der Waals surface area contributed by atoms with Crippen LogP contribution in [0.2, 0.25) is 0 Å². The molecule has 10 heteroatoms. The van der Waals surface area contributed by atoms with Crippen LogP contribution < -0.4 is 4.72 Å². The number of carbonyl (C=O) groups is 3. The van der Waals surface area contributed by atoms with Crippen molar-refractivity contribution in [3.05, 3.63) is 42.5 Å². The van der Waals surface area contributed by atoms with Gasteiger partial charge in [-0.25, -0.2) is 8.42 Å². The molecule has 9 nitrogen and oxygen atoms in total. The van der Waals surface area contributed by atoms with Crippen LogP contribution in [0.25, 0.3) is 10.8 Å². The van der Waals surface area contributed by atoms with Crippen LogP contribution >= 0.6 is 0 Å². The van der Waals surface area contributed by atoms with Crippen LogP contribution in [0.1, 0.15) is 53.9 Å². The summed E-state index contributed by atoms with van der Waals surface area (Å²) in [5.74, 6) is -2.06. The van der Waals surface area contributed by atoms with E-state index in [0.29, 0.717) is 11.8 Å². The minimum absolute atomic E-state index is 0.0475. The molecule has 0 radical (unpaired) electrons. The van der Waals surface area contributed by atoms with Crippen molar-refractivity contribution >= 4 is 38.6 Å². The Kier molecular flexibility index (Phi) is 10.4. The van der Waals surface area contributed by atoms with E-state index in [1.807, 2.05) is 19.1 Å². The molecule has 0 saturated heterocycles. The highest BCUT2D eigenvalue weighted by atomic mass is 32.2. The van der Waals surface area contributed by atoms with Crippen molar-refractivity contribution < 1.29 is 32.3 Å². The van der Waals surface area contributed by atoms with Gasteiger partial charge in [0.25, 0.3) is 0 Å². The summed E-state index contributed by atoms with van der Waals surface area (Å²) in [6.07, 6.45) is 0.794. The molecule has 0 aliphatic carbocycles. The number of hydrogen-bond donors (Lipinski definition) is 1. The van der Waals surface area contributed by atoms with E-state index >= 15 is 0 Å². The maximum absolute atomic E-state index is 13.5. The third-order valence-electron chi connectivity index (χ3n) is 5.14. The zero-order valence-electron chi connectivity index (χ0n) is 21.6. The molecule has 0 aliphatic heterocycles. The Morgan fingerprint density at radius 1 is 1.00 bits per heavy atom. The fourth-order valence-corrected chi connectivity index (χ4v) is 4.74. The van der Waals surface area contributed by atoms with E-state index in [1.165, 1.54) is 17.0 Å². The summed E-state index contributed by atoms with van der Waals surface area (Å²) >= 11 is 0. The van der Waals surface area contributed by atoms with Crippen LogP contribution in [0.5, 0.6) is 0 Å². The molecule has 1 amide bonds. The summed E-state index contributed by atoms with van der Waals surface area (Å²) in [5.41, 5.74) is -0.825. The van der Waals surface area contributed by atoms with Crippen molar-refractivity contribution in [3.63, 3.8) is 0 Å². The maximum atomic E-state index is 13.5. The second-order valence-corrected chi connectivity index (χ2v) is 11.1. The molecule has 36 heavy (non-hydrogen) atoms. The number of nitrogens with zero attached hydrogens (tertiary/aromatic N) is 1. The average Bonchev–Trinajstić information content (AvgIpc) is 2.79. The van der Waals surface area contributed by atoms with Crippen molar-refractivity contribution in [2.24, 2.45) is 0 Å². The van der Waals surface area contributed by atoms with Crippen LogP contribution in [0.15, 0.2) is 47.4 Å². The Morgan fingerprint density at radius 3 is 2.28 bits per heavy atom. The van der Waals surface area contributed by atoms with E-state index < -0.39 is 45.9 Å². The van der Waals surface area contributed by atoms with Crippen LogP contribution in [-0.2, 0) is 33.9 Å². The largest absolute Gasteiger partial charge is 0.465 e. The summed E-state index contributed by atoms with van der Waals surface area (Å²) in [6, 6.07) is 10.4. The predicted octanol–water partition coefficient (Wildman–Crippen LogP) is 3.41. The van der Waals surface area contributed by atoms with Crippen LogP contribution in [-0.4, -0.2) is 62.5 Å². The van der Waals surface area contributed by atoms with Gasteiger partial charge in [0.15, 0.2) is 0 Å². The number of fused-ring (bicyclic) bond motifs is 1. The first-order chi connectivity index (χ1) is 16.9. The highest BCUT2D eigenvalue weighted by molar-refractivity contribution is 7.89. The highest BCUT2D eigenvalue weighted by Gasteiger charge is 2.33. The molecule has 0 unspecified atom stereocenters. The molecule has 0 fully saturated rings. The lowest BCUT2D eigenvalue weighted by molar-refractivity contribution is -0.157. The van der Waals surface area contributed by atoms with Gasteiger partial charge in [-0.3, -0.25) is 14.4 Å². The molecule has 2 rings (SSSR count). The van der Waals surface area contributed by atoms with Crippen molar-refractivity contribution in [1.82, 2.24) is 9.62 Å². The molecule has 198 valence electrons. The summed E-state index contributed by atoms with van der Waals surface area (Å²) in [7, 11) is -4.20. The van der Waals surface area contributed by atoms with E-state index in [4.69, 9.17) is 9.47 Å². The Balaban J connectivity index is 2.39. The van der Waals surface area contributed by atoms with Crippen LogP contribution in [0, 0.1) is 0 Å². The quantitative estimate of drug-likeness (QED) is 0.426. The van der Waals surface area contributed by atoms with Crippen molar-refractivity contribution in [3.8, 4) is 0 Å². The molecule has 0 bridgehead atoms. The van der Waals surface area contributed by atoms with E-state index in [0.717, 1.165) is 11.8 Å². The molecule has 0 saturated carbocycles. The first-order valence-corrected chi connectivity index (χ1v) is 13.5. The van der Waals surface area contributed by atoms with Crippen molar-refractivity contribution in [2.45, 2.75) is 70.4 Å². The van der Waals surface area contributed by atoms with Gasteiger partial charge in [0, 0.05) is 6.54 Å². The number of hydrogen-bond acceptors (Lipinski definition) is 7. The molecule has 0 spiro atoms. The molecule has 0 aliphatic rings. The summed E-state index contributed by atoms with van der Waals surface area (Å²) in [4.78, 5) is 39.4. The number of sulfonamides is 1. The third kappa shape index (κ3) is 8.91. The molecule has 2 aromatic carbocycles. The Morgan fingerprint density at radius 2 is 1.67 bits per heavy atom. The number of amides is 1. The maximum Gasteiger partial charge on any atom is 0.325 e. The molecule has 1 atom stereocenters. The van der Waals surface area contributed by atoms with E-state index in [-0.39, 0.29) is 24.6 Å². The number of nitrogens with one attached hydrogen (secondary N) is 1. The summed E-state index contributed by atoms with van der Waals surface area (Å²) in [5, 5.41) is 1.57. The van der Waals surface area contributed by atoms with Gasteiger partial charge in [-0.1, -0.05) is 43.7 Å². The Bertz CT molecular complexity index is 1170. The van der Waals surface area contributed by atoms with Gasteiger partial charge in [-0.15, -0.1) is 0 Å². The first kappa shape index (κ1) is 29.3. The highest BCUT2D eigenvalue weighted by Crippen LogP contribution is 2.20. The fourth-order valence-electron chi connectivity index (χ4n) is 3.52. The number of ether oxygens (including phenoxy) is 2. The Hall–Kier alpha value is -2.98. The van der Waals surface area contributed by atoms with Gasteiger partial charge >= 0.3 is 11.9 Å². The van der Waals surface area contributed by atoms with E-state index in [9.17, 15) is 22.8 Å². The summed E-state index contributed by atoms with van der Waals surface area (Å²) in [6.45, 7) is 8.60. The smallest absolute Gasteiger partial charge is 0.325 e. The molecule has 1 N–H and O–H groups in total. The van der Waals surface area contributed by atoms with Gasteiger partial charge < -0.3 is 14.4 Å². The number of unbranched alkanes of at least 4 members (excludes halogenated alkanes) is 1. The van der Waals surface area contributed by atoms with Gasteiger partial charge in [0.05, 0.1) is 17.9 Å². The monoisotopic (exact) mass is 520 g/mol. The predicted molar refractivity (Wildman–Crippen MR) is 137 cm³/mol. The lowest BCUT2D eigenvalue weighted by atomic mass is 10.1. The second-order valence-electron chi connectivity index (χ2n) is 9.39. The zero-order valence-corrected chi connectivity index (χ0v) is 22.4. The average molecular weight is 521 g/mol. The van der Waals surface area contributed by atoms with Crippen molar-refractivity contribution in [1.29, 1.82) is 0 Å². The second kappa shape index (κ2) is 12.8. The number of benzene rings is 2. The van der Waals surface area contributed by atoms with Crippen LogP contribution in [0.4, 0.5) is 0 Å². The van der Waals surface area contributed by atoms with Gasteiger partial charge in [-0.2, -0.15) is 4.72 Å². The topological polar surface area (TPSA) is 119 Å². The van der Waals surface area contributed by atoms with E-state index in [1.54, 1.807) is 45.9 Å². The molecular weight excluding hydrogens is 484 g/mol. The number of esters is 2. The fraction of sp³-hybridized carbons (Fsp3) is 0.500. The minimum Gasteiger partial charge on any atom is -0.465 e. The molecule has 2 aromatic rings. The lowest BCUT2D eigenvalue weighted by Gasteiger charge is -2.28. The van der Waals surface area contributed by atoms with Gasteiger partial charge in [0.2, 0.25) is 15.9 Å². The third-order valence-corrected chi connectivity index (χ3v) is 6.61. The van der Waals surface area contributed by atoms with Crippen molar-refractivity contribution in [2.75, 3.05) is 19.7 Å². The number of rotatable bonds is 12. The molecular formula is C26H36N2O7S.